The van der Waals surface area contributed by atoms with Crippen LogP contribution in [0.3, 0.4) is 0 Å². The molecule has 0 bridgehead atoms. The van der Waals surface area contributed by atoms with Crippen LogP contribution in [0, 0.1) is 27.4 Å². The number of rotatable bonds is 6. The van der Waals surface area contributed by atoms with Gasteiger partial charge in [0.05, 0.1) is 23.8 Å². The summed E-state index contributed by atoms with van der Waals surface area (Å²) < 4.78 is 5.19. The fourth-order valence-corrected chi connectivity index (χ4v) is 5.50. The van der Waals surface area contributed by atoms with E-state index in [9.17, 15) is 24.5 Å². The van der Waals surface area contributed by atoms with Crippen molar-refractivity contribution in [2.45, 2.75) is 40.2 Å². The molecule has 190 valence electrons. The van der Waals surface area contributed by atoms with Crippen molar-refractivity contribution in [1.29, 1.82) is 0 Å². The van der Waals surface area contributed by atoms with Gasteiger partial charge in [-0.2, -0.15) is 0 Å². The number of nitro benzene ring substituents is 1. The normalized spacial score (nSPS) is 21.8. The van der Waals surface area contributed by atoms with Crippen LogP contribution in [-0.2, 0) is 16.0 Å². The van der Waals surface area contributed by atoms with Crippen LogP contribution in [-0.4, -0.2) is 42.5 Å². The van der Waals surface area contributed by atoms with E-state index in [1.54, 1.807) is 30.3 Å². The first-order chi connectivity index (χ1) is 17.0. The largest absolute Gasteiger partial charge is 0.497 e. The number of non-ortho nitro benzene ring substituents is 1. The van der Waals surface area contributed by atoms with Crippen LogP contribution in [0.5, 0.6) is 5.75 Å². The summed E-state index contributed by atoms with van der Waals surface area (Å²) in [5, 5.41) is 13.9. The fraction of sp³-hybridized carbons (Fsp3) is 0.423. The van der Waals surface area contributed by atoms with Crippen molar-refractivity contribution in [3.8, 4) is 5.75 Å². The number of fused-ring (bicyclic) bond motifs is 1. The molecule has 4 rings (SSSR count). The molecular formula is C26H30N4O6. The average Bonchev–Trinajstić information content (AvgIpc) is 2.82. The molecule has 10 nitrogen and oxygen atoms in total. The zero-order valence-electron chi connectivity index (χ0n) is 21.0. The lowest BCUT2D eigenvalue weighted by Gasteiger charge is -2.53. The van der Waals surface area contributed by atoms with E-state index in [-0.39, 0.29) is 23.9 Å². The Bertz CT molecular complexity index is 1230. The van der Waals surface area contributed by atoms with Crippen LogP contribution in [0.25, 0.3) is 0 Å². The van der Waals surface area contributed by atoms with E-state index >= 15 is 0 Å². The molecule has 0 aliphatic carbocycles. The number of nitrogens with one attached hydrogen (secondary N) is 1. The van der Waals surface area contributed by atoms with Gasteiger partial charge in [0.2, 0.25) is 5.91 Å². The van der Waals surface area contributed by atoms with Gasteiger partial charge in [-0.3, -0.25) is 25.0 Å². The van der Waals surface area contributed by atoms with E-state index < -0.39 is 34.2 Å². The summed E-state index contributed by atoms with van der Waals surface area (Å²) in [5.41, 5.74) is -0.212. The molecule has 1 spiro atoms. The van der Waals surface area contributed by atoms with Gasteiger partial charge in [-0.05, 0) is 47.7 Å². The molecule has 1 fully saturated rings. The summed E-state index contributed by atoms with van der Waals surface area (Å²) in [6, 6.07) is 9.56. The number of hydrogen-bond acceptors (Lipinski definition) is 7. The number of urea groups is 1. The van der Waals surface area contributed by atoms with Gasteiger partial charge in [0.1, 0.15) is 5.75 Å². The molecule has 2 aromatic carbocycles. The Hall–Kier alpha value is -3.95. The van der Waals surface area contributed by atoms with E-state index in [0.717, 1.165) is 10.6 Å². The molecular weight excluding hydrogens is 464 g/mol. The lowest BCUT2D eigenvalue weighted by Crippen LogP contribution is -2.73. The van der Waals surface area contributed by atoms with Gasteiger partial charge >= 0.3 is 6.03 Å². The number of carbonyl (C=O) groups excluding carboxylic acids is 3. The molecule has 1 N–H and O–H groups in total. The van der Waals surface area contributed by atoms with Crippen molar-refractivity contribution >= 4 is 34.9 Å². The van der Waals surface area contributed by atoms with Gasteiger partial charge in [-0.25, -0.2) is 9.69 Å². The Morgan fingerprint density at radius 1 is 1.11 bits per heavy atom. The summed E-state index contributed by atoms with van der Waals surface area (Å²) in [5.74, 6) is -0.771. The van der Waals surface area contributed by atoms with E-state index in [0.29, 0.717) is 23.5 Å². The topological polar surface area (TPSA) is 122 Å². The summed E-state index contributed by atoms with van der Waals surface area (Å²) in [6.45, 7) is 8.45. The molecule has 0 unspecified atom stereocenters. The minimum atomic E-state index is -1.67. The maximum Gasteiger partial charge on any atom is 0.335 e. The maximum absolute atomic E-state index is 14.3. The van der Waals surface area contributed by atoms with E-state index in [2.05, 4.69) is 5.32 Å². The molecule has 10 heteroatoms. The highest BCUT2D eigenvalue weighted by Gasteiger charge is 2.63. The molecule has 0 radical (unpaired) electrons. The van der Waals surface area contributed by atoms with Gasteiger partial charge < -0.3 is 9.64 Å². The van der Waals surface area contributed by atoms with Crippen LogP contribution in [0.15, 0.2) is 42.5 Å². The molecule has 2 aromatic rings. The highest BCUT2D eigenvalue weighted by Crippen LogP contribution is 2.48. The van der Waals surface area contributed by atoms with Gasteiger partial charge in [0.15, 0.2) is 5.41 Å². The molecule has 2 aliphatic rings. The highest BCUT2D eigenvalue weighted by atomic mass is 16.6. The van der Waals surface area contributed by atoms with Crippen molar-refractivity contribution in [2.75, 3.05) is 23.5 Å². The van der Waals surface area contributed by atoms with E-state index in [4.69, 9.17) is 4.74 Å². The third-order valence-electron chi connectivity index (χ3n) is 6.83. The zero-order chi connectivity index (χ0) is 26.4. The Morgan fingerprint density at radius 3 is 2.33 bits per heavy atom. The van der Waals surface area contributed by atoms with Gasteiger partial charge in [0.25, 0.3) is 11.6 Å². The average molecular weight is 495 g/mol. The molecule has 36 heavy (non-hydrogen) atoms. The van der Waals surface area contributed by atoms with Gasteiger partial charge in [-0.1, -0.05) is 27.7 Å². The van der Waals surface area contributed by atoms with Crippen molar-refractivity contribution < 1.29 is 24.0 Å². The number of carbonyl (C=O) groups is 3. The molecule has 2 atom stereocenters. The molecule has 2 heterocycles. The van der Waals surface area contributed by atoms with Crippen molar-refractivity contribution in [1.82, 2.24) is 5.32 Å². The number of benzene rings is 2. The first-order valence-corrected chi connectivity index (χ1v) is 11.9. The Labute approximate surface area is 209 Å². The lowest BCUT2D eigenvalue weighted by atomic mass is 9.65. The zero-order valence-corrected chi connectivity index (χ0v) is 21.0. The smallest absolute Gasteiger partial charge is 0.335 e. The second kappa shape index (κ2) is 9.25. The number of barbiturate groups is 1. The molecule has 0 saturated carbocycles. The summed E-state index contributed by atoms with van der Waals surface area (Å²) in [4.78, 5) is 55.0. The minimum Gasteiger partial charge on any atom is -0.497 e. The van der Waals surface area contributed by atoms with E-state index in [1.807, 2.05) is 32.6 Å². The highest BCUT2D eigenvalue weighted by molar-refractivity contribution is 6.30. The number of nitrogens with zero attached hydrogens (tertiary/aromatic N) is 3. The molecule has 0 aromatic heterocycles. The van der Waals surface area contributed by atoms with Crippen LogP contribution < -0.4 is 19.9 Å². The quantitative estimate of drug-likeness (QED) is 0.367. The number of hydrogen-bond donors (Lipinski definition) is 1. The Balaban J connectivity index is 1.93. The predicted octanol–water partition coefficient (Wildman–Crippen LogP) is 3.92. The minimum absolute atomic E-state index is 0.0634. The third-order valence-corrected chi connectivity index (χ3v) is 6.83. The summed E-state index contributed by atoms with van der Waals surface area (Å²) in [6.07, 6.45) is -0.0634. The number of ether oxygens (including phenoxy) is 1. The SMILES string of the molecule is COc1ccc(N2C(=O)NC(=O)[C@]3(Cc4cc([N+](=O)[O-])ccc4N(CC(C)C)[C@@H]3C(C)C)C2=O)cc1. The predicted molar refractivity (Wildman–Crippen MR) is 134 cm³/mol. The van der Waals surface area contributed by atoms with Crippen LogP contribution in [0.2, 0.25) is 0 Å². The molecule has 2 aliphatic heterocycles. The van der Waals surface area contributed by atoms with Crippen molar-refractivity contribution in [2.24, 2.45) is 17.3 Å². The van der Waals surface area contributed by atoms with Gasteiger partial charge in [-0.15, -0.1) is 0 Å². The van der Waals surface area contributed by atoms with Crippen LogP contribution >= 0.6 is 0 Å². The molecule has 1 saturated heterocycles. The Morgan fingerprint density at radius 2 is 1.78 bits per heavy atom. The lowest BCUT2D eigenvalue weighted by molar-refractivity contribution is -0.384. The number of amides is 4. The summed E-state index contributed by atoms with van der Waals surface area (Å²) in [7, 11) is 1.51. The Kier molecular flexibility index (Phi) is 6.46. The third kappa shape index (κ3) is 3.96. The summed E-state index contributed by atoms with van der Waals surface area (Å²) >= 11 is 0. The number of imide groups is 2. The number of nitro groups is 1. The van der Waals surface area contributed by atoms with E-state index in [1.165, 1.54) is 19.2 Å². The second-order valence-corrected chi connectivity index (χ2v) is 10.1. The number of methoxy groups -OCH3 is 1. The van der Waals surface area contributed by atoms with Crippen LogP contribution in [0.4, 0.5) is 21.9 Å². The fourth-order valence-electron chi connectivity index (χ4n) is 5.50. The van der Waals surface area contributed by atoms with Crippen LogP contribution in [0.1, 0.15) is 33.3 Å². The standard InChI is InChI=1S/C26H30N4O6/c1-15(2)14-28-21-11-8-19(30(34)35)12-17(21)13-26(22(28)16(3)4)23(31)27-25(33)29(24(26)32)18-6-9-20(36-5)10-7-18/h6-12,15-16,22H,13-14H2,1-5H3,(H,27,31,33)/t22-,26-/m1/s1. The maximum atomic E-state index is 14.3. The van der Waals surface area contributed by atoms with Crippen molar-refractivity contribution in [3.63, 3.8) is 0 Å². The monoisotopic (exact) mass is 494 g/mol. The number of anilines is 2. The first-order valence-electron chi connectivity index (χ1n) is 11.9. The first kappa shape index (κ1) is 25.2. The van der Waals surface area contributed by atoms with Gasteiger partial charge in [0, 0.05) is 30.8 Å². The molecule has 4 amide bonds. The van der Waals surface area contributed by atoms with Crippen molar-refractivity contribution in [3.05, 3.63) is 58.1 Å². The second-order valence-electron chi connectivity index (χ2n) is 10.1.